The van der Waals surface area contributed by atoms with Gasteiger partial charge in [-0.3, -0.25) is 0 Å². The molecule has 0 radical (unpaired) electrons. The van der Waals surface area contributed by atoms with Gasteiger partial charge in [-0.25, -0.2) is 9.97 Å². The van der Waals surface area contributed by atoms with Crippen LogP contribution >= 0.6 is 22.7 Å². The molecule has 6 heteroatoms. The van der Waals surface area contributed by atoms with E-state index in [2.05, 4.69) is 27.4 Å². The van der Waals surface area contributed by atoms with E-state index in [0.717, 1.165) is 41.9 Å². The Labute approximate surface area is 129 Å². The lowest BCUT2D eigenvalue weighted by Crippen LogP contribution is -1.89. The number of para-hydroxylation sites is 1. The highest BCUT2D eigenvalue weighted by molar-refractivity contribution is 7.24. The van der Waals surface area contributed by atoms with Gasteiger partial charge in [0.2, 0.25) is 0 Å². The van der Waals surface area contributed by atoms with Crippen LogP contribution in [0.4, 0.5) is 16.0 Å². The summed E-state index contributed by atoms with van der Waals surface area (Å²) in [5.74, 6) is 0. The molecule has 0 amide bonds. The molecule has 0 spiro atoms. The van der Waals surface area contributed by atoms with E-state index in [4.69, 9.17) is 5.73 Å². The fourth-order valence-corrected chi connectivity index (χ4v) is 4.20. The molecule has 3 N–H and O–H groups in total. The maximum Gasteiger partial charge on any atom is 0.190 e. The van der Waals surface area contributed by atoms with Crippen molar-refractivity contribution in [2.24, 2.45) is 0 Å². The summed E-state index contributed by atoms with van der Waals surface area (Å²) in [5, 5.41) is 4.96. The van der Waals surface area contributed by atoms with Crippen molar-refractivity contribution in [3.05, 3.63) is 42.0 Å². The normalized spacial score (nSPS) is 11.3. The molecule has 4 nitrogen and oxygen atoms in total. The lowest BCUT2D eigenvalue weighted by atomic mass is 10.2. The number of nitrogens with two attached hydrogens (primary N) is 1. The van der Waals surface area contributed by atoms with Crippen molar-refractivity contribution in [3.63, 3.8) is 0 Å². The van der Waals surface area contributed by atoms with Gasteiger partial charge in [-0.05, 0) is 36.8 Å². The number of benzene rings is 2. The van der Waals surface area contributed by atoms with Crippen molar-refractivity contribution in [2.75, 3.05) is 11.1 Å². The molecule has 2 aromatic heterocycles. The maximum atomic E-state index is 6.03. The van der Waals surface area contributed by atoms with Crippen LogP contribution in [0.1, 0.15) is 5.56 Å². The Bertz CT molecular complexity index is 922. The first-order chi connectivity index (χ1) is 10.2. The molecule has 0 atom stereocenters. The van der Waals surface area contributed by atoms with Crippen molar-refractivity contribution in [3.8, 4) is 0 Å². The highest BCUT2D eigenvalue weighted by Gasteiger charge is 2.10. The summed E-state index contributed by atoms with van der Waals surface area (Å²) in [5.41, 5.74) is 9.75. The van der Waals surface area contributed by atoms with E-state index in [9.17, 15) is 0 Å². The largest absolute Gasteiger partial charge is 0.397 e. The number of nitrogens with one attached hydrogen (secondary N) is 1. The maximum absolute atomic E-state index is 6.03. The van der Waals surface area contributed by atoms with Crippen LogP contribution < -0.4 is 11.1 Å². The SMILES string of the molecule is Cc1cc(N)c2nc(Nc3nc4ccccc4s3)sc2c1. The second kappa shape index (κ2) is 4.68. The minimum absolute atomic E-state index is 0.721. The topological polar surface area (TPSA) is 63.8 Å². The van der Waals surface area contributed by atoms with Crippen LogP contribution in [0.25, 0.3) is 20.4 Å². The highest BCUT2D eigenvalue weighted by atomic mass is 32.1. The first-order valence-electron chi connectivity index (χ1n) is 6.48. The predicted molar refractivity (Wildman–Crippen MR) is 91.7 cm³/mol. The minimum atomic E-state index is 0.721. The Morgan fingerprint density at radius 2 is 1.76 bits per heavy atom. The number of nitrogens with zero attached hydrogens (tertiary/aromatic N) is 2. The lowest BCUT2D eigenvalue weighted by molar-refractivity contribution is 1.40. The van der Waals surface area contributed by atoms with Crippen LogP contribution in [0, 0.1) is 6.92 Å². The van der Waals surface area contributed by atoms with E-state index >= 15 is 0 Å². The smallest absolute Gasteiger partial charge is 0.190 e. The zero-order valence-electron chi connectivity index (χ0n) is 11.3. The van der Waals surface area contributed by atoms with Gasteiger partial charge >= 0.3 is 0 Å². The number of thiazole rings is 2. The third-order valence-electron chi connectivity index (χ3n) is 3.18. The molecule has 104 valence electrons. The highest BCUT2D eigenvalue weighted by Crippen LogP contribution is 2.34. The molecular weight excluding hydrogens is 300 g/mol. The van der Waals surface area contributed by atoms with Gasteiger partial charge in [-0.15, -0.1) is 0 Å². The van der Waals surface area contributed by atoms with Gasteiger partial charge in [0.15, 0.2) is 10.3 Å². The summed E-state index contributed by atoms with van der Waals surface area (Å²) in [6.45, 7) is 2.04. The second-order valence-corrected chi connectivity index (χ2v) is 6.89. The zero-order valence-corrected chi connectivity index (χ0v) is 12.9. The van der Waals surface area contributed by atoms with Gasteiger partial charge in [0.05, 0.1) is 20.6 Å². The van der Waals surface area contributed by atoms with Gasteiger partial charge in [-0.2, -0.15) is 0 Å². The molecule has 0 saturated heterocycles. The molecule has 21 heavy (non-hydrogen) atoms. The summed E-state index contributed by atoms with van der Waals surface area (Å²) in [7, 11) is 0. The number of rotatable bonds is 2. The molecule has 2 aromatic carbocycles. The first kappa shape index (κ1) is 12.6. The summed E-state index contributed by atoms with van der Waals surface area (Å²) in [6.07, 6.45) is 0. The van der Waals surface area contributed by atoms with Crippen molar-refractivity contribution < 1.29 is 0 Å². The minimum Gasteiger partial charge on any atom is -0.397 e. The van der Waals surface area contributed by atoms with E-state index in [-0.39, 0.29) is 0 Å². The molecule has 0 aliphatic heterocycles. The first-order valence-corrected chi connectivity index (χ1v) is 8.11. The fraction of sp³-hybridized carbons (Fsp3) is 0.0667. The Hall–Kier alpha value is -2.18. The quantitative estimate of drug-likeness (QED) is 0.533. The number of hydrogen-bond acceptors (Lipinski definition) is 6. The number of aromatic nitrogens is 2. The number of aryl methyl sites for hydroxylation is 1. The molecule has 0 aliphatic carbocycles. The van der Waals surface area contributed by atoms with E-state index in [1.165, 1.54) is 0 Å². The lowest BCUT2D eigenvalue weighted by Gasteiger charge is -1.96. The standard InChI is InChI=1S/C15H12N4S2/c1-8-6-9(16)13-12(7-8)21-15(18-13)19-14-17-10-4-2-3-5-11(10)20-14/h2-7H,16H2,1H3,(H,17,18,19). The summed E-state index contributed by atoms with van der Waals surface area (Å²) >= 11 is 3.22. The third-order valence-corrected chi connectivity index (χ3v) is 5.05. The Balaban J connectivity index is 1.75. The second-order valence-electron chi connectivity index (χ2n) is 4.83. The number of hydrogen-bond donors (Lipinski definition) is 2. The Kier molecular flexibility index (Phi) is 2.80. The van der Waals surface area contributed by atoms with Crippen molar-refractivity contribution in [2.45, 2.75) is 6.92 Å². The zero-order chi connectivity index (χ0) is 14.4. The average Bonchev–Trinajstić information content (AvgIpc) is 3.01. The molecule has 2 heterocycles. The molecule has 0 unspecified atom stereocenters. The fourth-order valence-electron chi connectivity index (χ4n) is 2.27. The molecule has 4 aromatic rings. The molecule has 0 saturated carbocycles. The number of nitrogen functional groups attached to an aromatic ring is 1. The molecule has 0 aliphatic rings. The van der Waals surface area contributed by atoms with Crippen LogP contribution in [0.15, 0.2) is 36.4 Å². The van der Waals surface area contributed by atoms with Crippen LogP contribution in [-0.4, -0.2) is 9.97 Å². The summed E-state index contributed by atoms with van der Waals surface area (Å²) in [4.78, 5) is 9.13. The van der Waals surface area contributed by atoms with Gasteiger partial charge in [0.25, 0.3) is 0 Å². The van der Waals surface area contributed by atoms with Gasteiger partial charge < -0.3 is 11.1 Å². The third kappa shape index (κ3) is 2.22. The van der Waals surface area contributed by atoms with E-state index < -0.39 is 0 Å². The number of fused-ring (bicyclic) bond motifs is 2. The average molecular weight is 312 g/mol. The van der Waals surface area contributed by atoms with Crippen molar-refractivity contribution in [1.29, 1.82) is 0 Å². The molecule has 4 rings (SSSR count). The van der Waals surface area contributed by atoms with Gasteiger partial charge in [-0.1, -0.05) is 34.8 Å². The van der Waals surface area contributed by atoms with Crippen LogP contribution in [0.5, 0.6) is 0 Å². The number of anilines is 3. The van der Waals surface area contributed by atoms with E-state index in [1.807, 2.05) is 31.2 Å². The predicted octanol–water partition coefficient (Wildman–Crippen LogP) is 4.54. The summed E-state index contributed by atoms with van der Waals surface area (Å²) < 4.78 is 2.26. The van der Waals surface area contributed by atoms with Crippen LogP contribution in [0.2, 0.25) is 0 Å². The summed E-state index contributed by atoms with van der Waals surface area (Å²) in [6, 6.07) is 12.1. The van der Waals surface area contributed by atoms with Crippen molar-refractivity contribution in [1.82, 2.24) is 9.97 Å². The van der Waals surface area contributed by atoms with Crippen molar-refractivity contribution >= 4 is 59.1 Å². The Morgan fingerprint density at radius 1 is 1.00 bits per heavy atom. The van der Waals surface area contributed by atoms with Crippen LogP contribution in [-0.2, 0) is 0 Å². The molecular formula is C15H12N4S2. The van der Waals surface area contributed by atoms with E-state index in [1.54, 1.807) is 22.7 Å². The van der Waals surface area contributed by atoms with Gasteiger partial charge in [0.1, 0.15) is 5.52 Å². The van der Waals surface area contributed by atoms with Gasteiger partial charge in [0, 0.05) is 0 Å². The van der Waals surface area contributed by atoms with E-state index in [0.29, 0.717) is 0 Å². The molecule has 0 fully saturated rings. The Morgan fingerprint density at radius 3 is 2.62 bits per heavy atom. The monoisotopic (exact) mass is 312 g/mol. The van der Waals surface area contributed by atoms with Crippen LogP contribution in [0.3, 0.4) is 0 Å². The molecule has 0 bridgehead atoms.